The van der Waals surface area contributed by atoms with E-state index in [4.69, 9.17) is 5.11 Å². The highest BCUT2D eigenvalue weighted by Gasteiger charge is 2.25. The summed E-state index contributed by atoms with van der Waals surface area (Å²) >= 11 is 1.57. The first-order chi connectivity index (χ1) is 7.90. The van der Waals surface area contributed by atoms with Crippen molar-refractivity contribution in [1.29, 1.82) is 0 Å². The van der Waals surface area contributed by atoms with Crippen LogP contribution in [0.15, 0.2) is 0 Å². The molecule has 0 saturated heterocycles. The monoisotopic (exact) mass is 261 g/mol. The maximum absolute atomic E-state index is 11.8. The second-order valence-corrected chi connectivity index (χ2v) is 5.88. The molecule has 2 unspecified atom stereocenters. The van der Waals surface area contributed by atoms with Crippen LogP contribution in [0.2, 0.25) is 0 Å². The van der Waals surface area contributed by atoms with Crippen LogP contribution < -0.4 is 5.32 Å². The molecule has 17 heavy (non-hydrogen) atoms. The molecule has 5 heteroatoms. The van der Waals surface area contributed by atoms with Crippen LogP contribution in [-0.2, 0) is 9.59 Å². The Balaban J connectivity index is 4.16. The lowest BCUT2D eigenvalue weighted by Crippen LogP contribution is -2.47. The van der Waals surface area contributed by atoms with E-state index in [1.54, 1.807) is 25.6 Å². The first-order valence-electron chi connectivity index (χ1n) is 6.04. The van der Waals surface area contributed by atoms with Crippen LogP contribution in [0.5, 0.6) is 0 Å². The van der Waals surface area contributed by atoms with Gasteiger partial charge in [-0.15, -0.1) is 11.8 Å². The van der Waals surface area contributed by atoms with Gasteiger partial charge in [0.05, 0.1) is 5.25 Å². The Morgan fingerprint density at radius 2 is 1.88 bits per heavy atom. The van der Waals surface area contributed by atoms with Crippen molar-refractivity contribution in [1.82, 2.24) is 5.32 Å². The van der Waals surface area contributed by atoms with Crippen molar-refractivity contribution < 1.29 is 14.7 Å². The molecule has 0 aliphatic heterocycles. The predicted octanol–water partition coefficient (Wildman–Crippen LogP) is 2.13. The zero-order chi connectivity index (χ0) is 13.4. The van der Waals surface area contributed by atoms with E-state index in [1.165, 1.54) is 0 Å². The van der Waals surface area contributed by atoms with Gasteiger partial charge in [-0.3, -0.25) is 4.79 Å². The first kappa shape index (κ1) is 16.3. The Bertz CT molecular complexity index is 256. The van der Waals surface area contributed by atoms with Gasteiger partial charge in [0.25, 0.3) is 0 Å². The van der Waals surface area contributed by atoms with E-state index in [-0.39, 0.29) is 17.1 Å². The summed E-state index contributed by atoms with van der Waals surface area (Å²) in [5.74, 6) is -0.333. The van der Waals surface area contributed by atoms with Gasteiger partial charge in [-0.2, -0.15) is 0 Å². The number of carbonyl (C=O) groups excluding carboxylic acids is 1. The van der Waals surface area contributed by atoms with Gasteiger partial charge >= 0.3 is 5.97 Å². The third-order valence-corrected chi connectivity index (χ3v) is 3.70. The molecular formula is C12H23NO3S. The number of hydrogen-bond donors (Lipinski definition) is 2. The number of hydrogen-bond acceptors (Lipinski definition) is 3. The number of carboxylic acid groups (broad SMARTS) is 1. The molecule has 0 saturated carbocycles. The third-order valence-electron chi connectivity index (χ3n) is 2.47. The number of nitrogens with one attached hydrogen (secondary N) is 1. The smallest absolute Gasteiger partial charge is 0.326 e. The molecule has 0 aromatic rings. The average Bonchev–Trinajstić information content (AvgIpc) is 2.24. The fourth-order valence-electron chi connectivity index (χ4n) is 1.26. The molecule has 0 aliphatic rings. The van der Waals surface area contributed by atoms with E-state index < -0.39 is 12.0 Å². The number of carboxylic acids is 1. The van der Waals surface area contributed by atoms with Crippen molar-refractivity contribution in [3.05, 3.63) is 0 Å². The zero-order valence-electron chi connectivity index (χ0n) is 11.0. The summed E-state index contributed by atoms with van der Waals surface area (Å²) in [6.45, 7) is 7.49. The number of amides is 1. The van der Waals surface area contributed by atoms with Gasteiger partial charge in [-0.05, 0) is 25.0 Å². The summed E-state index contributed by atoms with van der Waals surface area (Å²) in [4.78, 5) is 22.7. The van der Waals surface area contributed by atoms with Crippen molar-refractivity contribution in [3.8, 4) is 0 Å². The van der Waals surface area contributed by atoms with Gasteiger partial charge in [0.15, 0.2) is 0 Å². The summed E-state index contributed by atoms with van der Waals surface area (Å²) in [6.07, 6.45) is 2.18. The van der Waals surface area contributed by atoms with Crippen LogP contribution in [0.25, 0.3) is 0 Å². The maximum Gasteiger partial charge on any atom is 0.326 e. The Hall–Kier alpha value is -0.710. The number of aliphatic carboxylic acids is 1. The quantitative estimate of drug-likeness (QED) is 0.657. The number of carbonyl (C=O) groups is 2. The molecule has 0 aliphatic carbocycles. The van der Waals surface area contributed by atoms with Crippen LogP contribution in [0, 0.1) is 5.92 Å². The molecule has 0 heterocycles. The summed E-state index contributed by atoms with van der Waals surface area (Å²) in [5.41, 5.74) is 0. The minimum atomic E-state index is -0.973. The van der Waals surface area contributed by atoms with Crippen LogP contribution in [0.3, 0.4) is 0 Å². The molecule has 0 bridgehead atoms. The summed E-state index contributed by atoms with van der Waals surface area (Å²) in [7, 11) is 0. The molecule has 2 atom stereocenters. The minimum absolute atomic E-state index is 0.107. The Morgan fingerprint density at radius 1 is 1.29 bits per heavy atom. The largest absolute Gasteiger partial charge is 0.480 e. The Labute approximate surface area is 108 Å². The molecule has 0 rings (SSSR count). The lowest BCUT2D eigenvalue weighted by atomic mass is 10.0. The van der Waals surface area contributed by atoms with Crippen molar-refractivity contribution in [2.45, 2.75) is 51.8 Å². The van der Waals surface area contributed by atoms with E-state index in [1.807, 2.05) is 6.92 Å². The predicted molar refractivity (Wildman–Crippen MR) is 71.2 cm³/mol. The molecule has 2 N–H and O–H groups in total. The Kier molecular flexibility index (Phi) is 8.04. The number of unbranched alkanes of at least 4 members (excludes halogenated alkanes) is 1. The van der Waals surface area contributed by atoms with Crippen LogP contribution in [-0.4, -0.2) is 34.0 Å². The molecule has 1 amide bonds. The van der Waals surface area contributed by atoms with Gasteiger partial charge in [0.1, 0.15) is 6.04 Å². The molecule has 0 spiro atoms. The molecule has 4 nitrogen and oxygen atoms in total. The van der Waals surface area contributed by atoms with E-state index in [9.17, 15) is 9.59 Å². The lowest BCUT2D eigenvalue weighted by Gasteiger charge is -2.20. The molecule has 0 fully saturated rings. The highest BCUT2D eigenvalue weighted by Crippen LogP contribution is 2.13. The molecule has 0 aromatic carbocycles. The highest BCUT2D eigenvalue weighted by atomic mass is 32.2. The van der Waals surface area contributed by atoms with Crippen molar-refractivity contribution >= 4 is 23.6 Å². The standard InChI is InChI=1S/C12H23NO3S/c1-5-6-7-17-9(4)11(14)13-10(8(2)3)12(15)16/h8-10H,5-7H2,1-4H3,(H,13,14)(H,15,16). The van der Waals surface area contributed by atoms with Crippen molar-refractivity contribution in [2.75, 3.05) is 5.75 Å². The van der Waals surface area contributed by atoms with Crippen LogP contribution >= 0.6 is 11.8 Å². The van der Waals surface area contributed by atoms with E-state index in [0.717, 1.165) is 18.6 Å². The summed E-state index contributed by atoms with van der Waals surface area (Å²) in [6, 6.07) is -0.795. The van der Waals surface area contributed by atoms with Gasteiger partial charge < -0.3 is 10.4 Å². The van der Waals surface area contributed by atoms with E-state index >= 15 is 0 Å². The molecule has 100 valence electrons. The van der Waals surface area contributed by atoms with Gasteiger partial charge in [0.2, 0.25) is 5.91 Å². The Morgan fingerprint density at radius 3 is 2.29 bits per heavy atom. The fourth-order valence-corrected chi connectivity index (χ4v) is 2.29. The number of thioether (sulfide) groups is 1. The molecule has 0 radical (unpaired) electrons. The zero-order valence-corrected chi connectivity index (χ0v) is 11.8. The minimum Gasteiger partial charge on any atom is -0.480 e. The number of rotatable bonds is 8. The molecular weight excluding hydrogens is 238 g/mol. The van der Waals surface area contributed by atoms with Gasteiger partial charge in [-0.1, -0.05) is 27.2 Å². The van der Waals surface area contributed by atoms with Gasteiger partial charge in [-0.25, -0.2) is 4.79 Å². The van der Waals surface area contributed by atoms with Crippen LogP contribution in [0.1, 0.15) is 40.5 Å². The van der Waals surface area contributed by atoms with Crippen molar-refractivity contribution in [2.24, 2.45) is 5.92 Å². The van der Waals surface area contributed by atoms with E-state index in [2.05, 4.69) is 12.2 Å². The average molecular weight is 261 g/mol. The topological polar surface area (TPSA) is 66.4 Å². The fraction of sp³-hybridized carbons (Fsp3) is 0.833. The lowest BCUT2D eigenvalue weighted by molar-refractivity contribution is -0.143. The summed E-state index contributed by atoms with van der Waals surface area (Å²) < 4.78 is 0. The van der Waals surface area contributed by atoms with Crippen molar-refractivity contribution in [3.63, 3.8) is 0 Å². The normalized spacial score (nSPS) is 14.4. The highest BCUT2D eigenvalue weighted by molar-refractivity contribution is 8.00. The second-order valence-electron chi connectivity index (χ2n) is 4.44. The maximum atomic E-state index is 11.8. The molecule has 0 aromatic heterocycles. The first-order valence-corrected chi connectivity index (χ1v) is 7.09. The third kappa shape index (κ3) is 6.56. The van der Waals surface area contributed by atoms with Gasteiger partial charge in [0, 0.05) is 0 Å². The van der Waals surface area contributed by atoms with E-state index in [0.29, 0.717) is 0 Å². The summed E-state index contributed by atoms with van der Waals surface area (Å²) in [5, 5.41) is 11.4. The SMILES string of the molecule is CCCCSC(C)C(=O)NC(C(=O)O)C(C)C. The second kappa shape index (κ2) is 8.39. The van der Waals surface area contributed by atoms with Crippen LogP contribution in [0.4, 0.5) is 0 Å².